The second kappa shape index (κ2) is 9.07. The molecule has 0 aliphatic carbocycles. The summed E-state index contributed by atoms with van der Waals surface area (Å²) < 4.78 is 16.1. The van der Waals surface area contributed by atoms with Gasteiger partial charge in [-0.25, -0.2) is 4.79 Å². The summed E-state index contributed by atoms with van der Waals surface area (Å²) in [4.78, 5) is 19.1. The first kappa shape index (κ1) is 20.7. The number of hydrogen-bond acceptors (Lipinski definition) is 6. The molecule has 0 saturated carbocycles. The maximum Gasteiger partial charge on any atom is 0.321 e. The summed E-state index contributed by atoms with van der Waals surface area (Å²) in [5.74, 6) is 2.60. The summed E-state index contributed by atoms with van der Waals surface area (Å²) in [6.45, 7) is 3.25. The van der Waals surface area contributed by atoms with Crippen LogP contribution in [0.1, 0.15) is 30.2 Å². The number of urea groups is 1. The number of nitrogens with one attached hydrogen (secondary N) is 1. The molecular weight excluding hydrogens is 396 g/mol. The Kier molecular flexibility index (Phi) is 6.06. The number of methoxy groups -OCH3 is 2. The molecule has 8 heteroatoms. The van der Waals surface area contributed by atoms with Gasteiger partial charge in [0, 0.05) is 30.6 Å². The average Bonchev–Trinajstić information content (AvgIpc) is 3.30. The molecule has 4 rings (SSSR count). The number of amides is 2. The van der Waals surface area contributed by atoms with Gasteiger partial charge in [0.05, 0.1) is 19.9 Å². The van der Waals surface area contributed by atoms with Crippen LogP contribution in [0.15, 0.2) is 47.0 Å². The van der Waals surface area contributed by atoms with Crippen molar-refractivity contribution in [3.63, 3.8) is 0 Å². The number of benzene rings is 2. The van der Waals surface area contributed by atoms with E-state index < -0.39 is 0 Å². The smallest absolute Gasteiger partial charge is 0.321 e. The first-order valence-corrected chi connectivity index (χ1v) is 10.3. The van der Waals surface area contributed by atoms with Gasteiger partial charge in [-0.05, 0) is 38.0 Å². The van der Waals surface area contributed by atoms with Crippen molar-refractivity contribution in [2.24, 2.45) is 0 Å². The van der Waals surface area contributed by atoms with Crippen molar-refractivity contribution in [1.29, 1.82) is 0 Å². The molecular formula is C23H26N4O4. The zero-order chi connectivity index (χ0) is 21.8. The Hall–Kier alpha value is -3.55. The molecule has 0 atom stereocenters. The zero-order valence-electron chi connectivity index (χ0n) is 17.9. The summed E-state index contributed by atoms with van der Waals surface area (Å²) in [6, 6.07) is 13.2. The molecule has 1 fully saturated rings. The normalized spacial score (nSPS) is 14.4. The molecule has 0 unspecified atom stereocenters. The van der Waals surface area contributed by atoms with Gasteiger partial charge in [-0.3, -0.25) is 0 Å². The van der Waals surface area contributed by atoms with Gasteiger partial charge >= 0.3 is 6.03 Å². The number of carbonyl (C=O) groups excluding carboxylic acids is 1. The molecule has 1 saturated heterocycles. The lowest BCUT2D eigenvalue weighted by Crippen LogP contribution is -2.40. The summed E-state index contributed by atoms with van der Waals surface area (Å²) in [5, 5.41) is 7.07. The molecule has 1 aromatic heterocycles. The average molecular weight is 422 g/mol. The minimum absolute atomic E-state index is 0.144. The van der Waals surface area contributed by atoms with Crippen LogP contribution >= 0.6 is 0 Å². The van der Waals surface area contributed by atoms with Gasteiger partial charge in [0.15, 0.2) is 0 Å². The molecule has 0 radical (unpaired) electrons. The van der Waals surface area contributed by atoms with Crippen molar-refractivity contribution in [3.05, 3.63) is 53.9 Å². The highest BCUT2D eigenvalue weighted by atomic mass is 16.5. The molecule has 0 spiro atoms. The maximum atomic E-state index is 12.7. The quantitative estimate of drug-likeness (QED) is 0.652. The molecule has 1 N–H and O–H groups in total. The summed E-state index contributed by atoms with van der Waals surface area (Å²) >= 11 is 0. The van der Waals surface area contributed by atoms with Gasteiger partial charge in [-0.1, -0.05) is 28.9 Å². The van der Waals surface area contributed by atoms with Crippen molar-refractivity contribution in [2.45, 2.75) is 25.7 Å². The number of carbonyl (C=O) groups is 1. The number of nitrogens with zero attached hydrogens (tertiary/aromatic N) is 3. The van der Waals surface area contributed by atoms with Crippen molar-refractivity contribution in [1.82, 2.24) is 15.0 Å². The van der Waals surface area contributed by atoms with E-state index in [1.54, 1.807) is 37.3 Å². The third-order valence-corrected chi connectivity index (χ3v) is 5.50. The molecule has 2 aromatic carbocycles. The van der Waals surface area contributed by atoms with Gasteiger partial charge in [-0.2, -0.15) is 4.98 Å². The topological polar surface area (TPSA) is 89.7 Å². The highest BCUT2D eigenvalue weighted by molar-refractivity contribution is 5.91. The highest BCUT2D eigenvalue weighted by Crippen LogP contribution is 2.31. The Labute approximate surface area is 181 Å². The molecule has 162 valence electrons. The fraction of sp³-hybridized carbons (Fsp3) is 0.348. The Morgan fingerprint density at radius 1 is 1.13 bits per heavy atom. The van der Waals surface area contributed by atoms with Crippen LogP contribution in [0.5, 0.6) is 11.5 Å². The molecule has 31 heavy (non-hydrogen) atoms. The number of rotatable bonds is 5. The summed E-state index contributed by atoms with van der Waals surface area (Å²) in [7, 11) is 3.15. The van der Waals surface area contributed by atoms with Crippen LogP contribution in [-0.2, 0) is 0 Å². The van der Waals surface area contributed by atoms with Crippen molar-refractivity contribution in [3.8, 4) is 22.9 Å². The van der Waals surface area contributed by atoms with Crippen LogP contribution < -0.4 is 14.8 Å². The predicted molar refractivity (Wildman–Crippen MR) is 117 cm³/mol. The monoisotopic (exact) mass is 422 g/mol. The number of aromatic nitrogens is 2. The molecule has 3 aromatic rings. The van der Waals surface area contributed by atoms with Crippen LogP contribution in [0.4, 0.5) is 10.5 Å². The minimum Gasteiger partial charge on any atom is -0.497 e. The summed E-state index contributed by atoms with van der Waals surface area (Å²) in [6.07, 6.45) is 1.53. The minimum atomic E-state index is -0.159. The van der Waals surface area contributed by atoms with E-state index in [1.807, 2.05) is 31.2 Å². The fourth-order valence-electron chi connectivity index (χ4n) is 3.73. The first-order chi connectivity index (χ1) is 15.1. The Bertz CT molecular complexity index is 1060. The number of ether oxygens (including phenoxy) is 2. The fourth-order valence-corrected chi connectivity index (χ4v) is 3.73. The Balaban J connectivity index is 1.36. The number of anilines is 1. The van der Waals surface area contributed by atoms with Crippen LogP contribution in [0.2, 0.25) is 0 Å². The SMILES string of the molecule is COc1ccc(NC(=O)N2CCC(c3nc(-c4cccc(C)c4)no3)CC2)c(OC)c1. The second-order valence-electron chi connectivity index (χ2n) is 7.58. The maximum absolute atomic E-state index is 12.7. The van der Waals surface area contributed by atoms with Gasteiger partial charge in [0.25, 0.3) is 0 Å². The standard InChI is InChI=1S/C23H26N4O4/c1-15-5-4-6-17(13-15)21-25-22(31-26-21)16-9-11-27(12-10-16)23(28)24-19-8-7-18(29-2)14-20(19)30-3/h4-8,13-14,16H,9-12H2,1-3H3,(H,24,28). The van der Waals surface area contributed by atoms with Gasteiger partial charge < -0.3 is 24.2 Å². The second-order valence-corrected chi connectivity index (χ2v) is 7.58. The highest BCUT2D eigenvalue weighted by Gasteiger charge is 2.28. The van der Waals surface area contributed by atoms with E-state index in [2.05, 4.69) is 15.5 Å². The van der Waals surface area contributed by atoms with Crippen molar-refractivity contribution in [2.75, 3.05) is 32.6 Å². The number of aryl methyl sites for hydroxylation is 1. The van der Waals surface area contributed by atoms with Gasteiger partial charge in [-0.15, -0.1) is 0 Å². The molecule has 2 heterocycles. The van der Waals surface area contributed by atoms with E-state index in [1.165, 1.54) is 0 Å². The number of piperidine rings is 1. The van der Waals surface area contributed by atoms with Crippen LogP contribution in [0.25, 0.3) is 11.4 Å². The van der Waals surface area contributed by atoms with E-state index in [9.17, 15) is 4.79 Å². The van der Waals surface area contributed by atoms with E-state index in [0.717, 1.165) is 24.0 Å². The third-order valence-electron chi connectivity index (χ3n) is 5.50. The molecule has 1 aliphatic heterocycles. The Morgan fingerprint density at radius 2 is 1.94 bits per heavy atom. The lowest BCUT2D eigenvalue weighted by molar-refractivity contribution is 0.187. The van der Waals surface area contributed by atoms with Gasteiger partial charge in [0.2, 0.25) is 11.7 Å². The largest absolute Gasteiger partial charge is 0.497 e. The lowest BCUT2D eigenvalue weighted by Gasteiger charge is -2.30. The molecule has 0 bridgehead atoms. The van der Waals surface area contributed by atoms with E-state index in [0.29, 0.717) is 42.0 Å². The summed E-state index contributed by atoms with van der Waals surface area (Å²) in [5.41, 5.74) is 2.70. The van der Waals surface area contributed by atoms with Crippen LogP contribution in [0.3, 0.4) is 0 Å². The Morgan fingerprint density at radius 3 is 2.65 bits per heavy atom. The number of likely N-dealkylation sites (tertiary alicyclic amines) is 1. The van der Waals surface area contributed by atoms with Crippen molar-refractivity contribution < 1.29 is 18.8 Å². The number of hydrogen-bond donors (Lipinski definition) is 1. The van der Waals surface area contributed by atoms with E-state index in [4.69, 9.17) is 14.0 Å². The predicted octanol–water partition coefficient (Wildman–Crippen LogP) is 4.47. The van der Waals surface area contributed by atoms with Crippen LogP contribution in [-0.4, -0.2) is 48.4 Å². The lowest BCUT2D eigenvalue weighted by atomic mass is 9.97. The van der Waals surface area contributed by atoms with E-state index >= 15 is 0 Å². The van der Waals surface area contributed by atoms with Crippen LogP contribution in [0, 0.1) is 6.92 Å². The third kappa shape index (κ3) is 4.63. The van der Waals surface area contributed by atoms with Gasteiger partial charge in [0.1, 0.15) is 11.5 Å². The van der Waals surface area contributed by atoms with E-state index in [-0.39, 0.29) is 11.9 Å². The first-order valence-electron chi connectivity index (χ1n) is 10.3. The zero-order valence-corrected chi connectivity index (χ0v) is 17.9. The van der Waals surface area contributed by atoms with Crippen molar-refractivity contribution >= 4 is 11.7 Å². The molecule has 8 nitrogen and oxygen atoms in total. The molecule has 1 aliphatic rings. The molecule has 2 amide bonds.